The highest BCUT2D eigenvalue weighted by Crippen LogP contribution is 2.26. The van der Waals surface area contributed by atoms with Gasteiger partial charge in [-0.15, -0.1) is 0 Å². The maximum atomic E-state index is 13.7. The van der Waals surface area contributed by atoms with E-state index in [9.17, 15) is 14.0 Å². The first kappa shape index (κ1) is 17.2. The molecule has 0 spiro atoms. The minimum atomic E-state index is -0.391. The van der Waals surface area contributed by atoms with Gasteiger partial charge in [-0.1, -0.05) is 6.07 Å². The summed E-state index contributed by atoms with van der Waals surface area (Å²) >= 11 is 0. The maximum Gasteiger partial charge on any atom is 0.261 e. The van der Waals surface area contributed by atoms with Gasteiger partial charge in [0.2, 0.25) is 0 Å². The summed E-state index contributed by atoms with van der Waals surface area (Å²) in [5.41, 5.74) is 1.78. The van der Waals surface area contributed by atoms with Crippen molar-refractivity contribution >= 4 is 11.6 Å². The van der Waals surface area contributed by atoms with Crippen LogP contribution in [0, 0.1) is 12.7 Å². The molecule has 1 aliphatic rings. The Labute approximate surface area is 145 Å². The fourth-order valence-electron chi connectivity index (χ4n) is 3.12. The third-order valence-electron chi connectivity index (χ3n) is 4.38. The number of carbonyl (C=O) groups is 1. The molecule has 132 valence electrons. The highest BCUT2D eigenvalue weighted by atomic mass is 19.1. The Morgan fingerprint density at radius 2 is 2.12 bits per heavy atom. The van der Waals surface area contributed by atoms with E-state index >= 15 is 0 Å². The maximum absolute atomic E-state index is 13.7. The lowest BCUT2D eigenvalue weighted by atomic mass is 10.0. The number of ether oxygens (including phenoxy) is 1. The Morgan fingerprint density at radius 1 is 1.32 bits per heavy atom. The molecule has 6 heteroatoms. The number of aromatic nitrogens is 1. The number of halogens is 1. The van der Waals surface area contributed by atoms with Crippen LogP contribution in [0.3, 0.4) is 0 Å². The molecule has 0 unspecified atom stereocenters. The van der Waals surface area contributed by atoms with Gasteiger partial charge in [0.25, 0.3) is 11.5 Å². The summed E-state index contributed by atoms with van der Waals surface area (Å²) in [7, 11) is 0. The third kappa shape index (κ3) is 3.43. The summed E-state index contributed by atoms with van der Waals surface area (Å²) in [6.45, 7) is 4.41. The zero-order chi connectivity index (χ0) is 18.0. The number of hydrogen-bond donors (Lipinski definition) is 1. The number of aryl methyl sites for hydroxylation is 1. The molecule has 0 saturated carbocycles. The van der Waals surface area contributed by atoms with Crippen molar-refractivity contribution in [1.82, 2.24) is 4.57 Å². The van der Waals surface area contributed by atoms with Crippen molar-refractivity contribution in [2.24, 2.45) is 0 Å². The second-order valence-corrected chi connectivity index (χ2v) is 6.13. The van der Waals surface area contributed by atoms with Crippen LogP contribution in [0.1, 0.15) is 41.4 Å². The van der Waals surface area contributed by atoms with Crippen molar-refractivity contribution in [3.8, 4) is 5.75 Å². The smallest absolute Gasteiger partial charge is 0.261 e. The minimum Gasteiger partial charge on any atom is -0.493 e. The number of nitrogens with zero attached hydrogens (tertiary/aromatic N) is 1. The topological polar surface area (TPSA) is 60.3 Å². The average Bonchev–Trinajstić information content (AvgIpc) is 2.59. The lowest BCUT2D eigenvalue weighted by molar-refractivity contribution is 0.102. The number of hydrogen-bond acceptors (Lipinski definition) is 3. The predicted molar refractivity (Wildman–Crippen MR) is 93.9 cm³/mol. The van der Waals surface area contributed by atoms with Crippen molar-refractivity contribution in [2.75, 3.05) is 11.9 Å². The number of rotatable bonds is 4. The summed E-state index contributed by atoms with van der Waals surface area (Å²) in [5, 5.41) is 2.72. The minimum absolute atomic E-state index is 0.156. The molecule has 2 heterocycles. The molecule has 1 aromatic carbocycles. The van der Waals surface area contributed by atoms with Crippen LogP contribution in [-0.4, -0.2) is 17.1 Å². The Hall–Kier alpha value is -2.63. The molecule has 0 aliphatic carbocycles. The quantitative estimate of drug-likeness (QED) is 0.926. The molecular weight excluding hydrogens is 323 g/mol. The molecule has 0 atom stereocenters. The van der Waals surface area contributed by atoms with E-state index in [2.05, 4.69) is 5.32 Å². The number of benzene rings is 1. The second-order valence-electron chi connectivity index (χ2n) is 6.13. The molecule has 5 nitrogen and oxygen atoms in total. The molecular formula is C19H21FN2O3. The van der Waals surface area contributed by atoms with Gasteiger partial charge in [-0.25, -0.2) is 4.39 Å². The number of pyridine rings is 1. The first-order valence-electron chi connectivity index (χ1n) is 8.48. The lowest BCUT2D eigenvalue weighted by Gasteiger charge is -2.23. The van der Waals surface area contributed by atoms with Gasteiger partial charge in [0.1, 0.15) is 17.1 Å². The van der Waals surface area contributed by atoms with Crippen molar-refractivity contribution in [3.63, 3.8) is 0 Å². The van der Waals surface area contributed by atoms with Crippen LogP contribution in [-0.2, 0) is 13.0 Å². The van der Waals surface area contributed by atoms with Gasteiger partial charge in [-0.05, 0) is 50.8 Å². The number of carbonyl (C=O) groups excluding carboxylic acids is 1. The molecule has 0 radical (unpaired) electrons. The van der Waals surface area contributed by atoms with Crippen LogP contribution in [0.15, 0.2) is 29.1 Å². The molecule has 2 aromatic rings. The fourth-order valence-corrected chi connectivity index (χ4v) is 3.12. The SMILES string of the molecule is CCOc1cc(=O)n2c(c1C(=O)Nc1ccc(C)c(F)c1)CCCC2. The van der Waals surface area contributed by atoms with E-state index in [0.29, 0.717) is 42.1 Å². The van der Waals surface area contributed by atoms with E-state index < -0.39 is 5.91 Å². The zero-order valence-corrected chi connectivity index (χ0v) is 14.4. The Kier molecular flexibility index (Phi) is 4.88. The molecule has 1 N–H and O–H groups in total. The monoisotopic (exact) mass is 344 g/mol. The van der Waals surface area contributed by atoms with Crippen molar-refractivity contribution in [1.29, 1.82) is 0 Å². The molecule has 1 aliphatic heterocycles. The van der Waals surface area contributed by atoms with Gasteiger partial charge < -0.3 is 14.6 Å². The number of amides is 1. The zero-order valence-electron chi connectivity index (χ0n) is 14.4. The first-order chi connectivity index (χ1) is 12.0. The van der Waals surface area contributed by atoms with E-state index in [0.717, 1.165) is 12.8 Å². The largest absolute Gasteiger partial charge is 0.493 e. The molecule has 1 aromatic heterocycles. The second kappa shape index (κ2) is 7.09. The van der Waals surface area contributed by atoms with E-state index in [1.807, 2.05) is 0 Å². The number of anilines is 1. The molecule has 0 fully saturated rings. The summed E-state index contributed by atoms with van der Waals surface area (Å²) in [5.74, 6) is -0.489. The van der Waals surface area contributed by atoms with Gasteiger partial charge in [0.15, 0.2) is 0 Å². The fraction of sp³-hybridized carbons (Fsp3) is 0.368. The molecule has 0 bridgehead atoms. The van der Waals surface area contributed by atoms with Crippen LogP contribution < -0.4 is 15.6 Å². The van der Waals surface area contributed by atoms with Crippen molar-refractivity contribution < 1.29 is 13.9 Å². The average molecular weight is 344 g/mol. The third-order valence-corrected chi connectivity index (χ3v) is 4.38. The molecule has 1 amide bonds. The summed E-state index contributed by atoms with van der Waals surface area (Å²) in [6, 6.07) is 5.91. The highest BCUT2D eigenvalue weighted by molar-refractivity contribution is 6.07. The van der Waals surface area contributed by atoms with Crippen molar-refractivity contribution in [2.45, 2.75) is 39.7 Å². The number of nitrogens with one attached hydrogen (secondary N) is 1. The predicted octanol–water partition coefficient (Wildman–Crippen LogP) is 3.28. The Balaban J connectivity index is 2.03. The molecule has 25 heavy (non-hydrogen) atoms. The van der Waals surface area contributed by atoms with E-state index in [1.54, 1.807) is 30.5 Å². The summed E-state index contributed by atoms with van der Waals surface area (Å²) in [6.07, 6.45) is 2.46. The van der Waals surface area contributed by atoms with Crippen LogP contribution in [0.4, 0.5) is 10.1 Å². The van der Waals surface area contributed by atoms with Crippen molar-refractivity contribution in [3.05, 3.63) is 57.3 Å². The van der Waals surface area contributed by atoms with Crippen LogP contribution in [0.5, 0.6) is 5.75 Å². The van der Waals surface area contributed by atoms with Crippen LogP contribution >= 0.6 is 0 Å². The van der Waals surface area contributed by atoms with Gasteiger partial charge in [0.05, 0.1) is 6.61 Å². The van der Waals surface area contributed by atoms with E-state index in [-0.39, 0.29) is 17.1 Å². The normalized spacial score (nSPS) is 13.2. The molecule has 3 rings (SSSR count). The van der Waals surface area contributed by atoms with Crippen LogP contribution in [0.25, 0.3) is 0 Å². The highest BCUT2D eigenvalue weighted by Gasteiger charge is 2.24. The Morgan fingerprint density at radius 3 is 2.84 bits per heavy atom. The first-order valence-corrected chi connectivity index (χ1v) is 8.48. The van der Waals surface area contributed by atoms with E-state index in [4.69, 9.17) is 4.74 Å². The summed E-state index contributed by atoms with van der Waals surface area (Å²) < 4.78 is 20.9. The van der Waals surface area contributed by atoms with Gasteiger partial charge in [-0.2, -0.15) is 0 Å². The standard InChI is InChI=1S/C19H21FN2O3/c1-3-25-16-11-17(23)22-9-5-4-6-15(22)18(16)19(24)21-13-8-7-12(2)14(20)10-13/h7-8,10-11H,3-6,9H2,1-2H3,(H,21,24). The van der Waals surface area contributed by atoms with E-state index in [1.165, 1.54) is 12.1 Å². The molecule has 0 saturated heterocycles. The number of fused-ring (bicyclic) bond motifs is 1. The Bertz CT molecular complexity index is 874. The van der Waals surface area contributed by atoms with Crippen LogP contribution in [0.2, 0.25) is 0 Å². The summed E-state index contributed by atoms with van der Waals surface area (Å²) in [4.78, 5) is 25.1. The van der Waals surface area contributed by atoms with Gasteiger partial charge in [-0.3, -0.25) is 9.59 Å². The lowest BCUT2D eigenvalue weighted by Crippen LogP contribution is -2.31. The van der Waals surface area contributed by atoms with Gasteiger partial charge in [0, 0.05) is 24.0 Å². The van der Waals surface area contributed by atoms with Gasteiger partial charge >= 0.3 is 0 Å².